The molecule has 0 radical (unpaired) electrons. The minimum absolute atomic E-state index is 0.254. The summed E-state index contributed by atoms with van der Waals surface area (Å²) in [6.45, 7) is 0. The van der Waals surface area contributed by atoms with Crippen molar-refractivity contribution in [2.45, 2.75) is 12.8 Å². The van der Waals surface area contributed by atoms with Gasteiger partial charge in [0.25, 0.3) is 0 Å². The molecule has 1 unspecified atom stereocenters. The van der Waals surface area contributed by atoms with E-state index in [2.05, 4.69) is 15.5 Å². The number of carbonyl (C=O) groups excluding carboxylic acids is 1. The summed E-state index contributed by atoms with van der Waals surface area (Å²) >= 11 is 6.16. The third-order valence-electron chi connectivity index (χ3n) is 4.18. The Bertz CT molecular complexity index is 962. The van der Waals surface area contributed by atoms with Crippen LogP contribution in [0.1, 0.15) is 12.0 Å². The van der Waals surface area contributed by atoms with E-state index in [-0.39, 0.29) is 12.2 Å². The minimum atomic E-state index is -1.03. The highest BCUT2D eigenvalue weighted by Crippen LogP contribution is 2.25. The number of hydrogen-bond donors (Lipinski definition) is 2. The Hall–Kier alpha value is -3.25. The zero-order valence-corrected chi connectivity index (χ0v) is 15.6. The van der Waals surface area contributed by atoms with Gasteiger partial charge in [0.1, 0.15) is 0 Å². The number of carbonyl (C=O) groups is 2. The van der Waals surface area contributed by atoms with Gasteiger partial charge in [-0.25, -0.2) is 0 Å². The first-order valence-corrected chi connectivity index (χ1v) is 9.06. The van der Waals surface area contributed by atoms with Crippen LogP contribution in [0.3, 0.4) is 0 Å². The van der Waals surface area contributed by atoms with Gasteiger partial charge in [0.15, 0.2) is 5.82 Å². The van der Waals surface area contributed by atoms with Gasteiger partial charge in [-0.05, 0) is 30.2 Å². The number of aromatic nitrogens is 2. The molecular formula is C21H18ClN3O3. The normalized spacial score (nSPS) is 11.6. The molecule has 0 aliphatic rings. The van der Waals surface area contributed by atoms with Crippen molar-refractivity contribution in [3.05, 3.63) is 77.3 Å². The van der Waals surface area contributed by atoms with Crippen molar-refractivity contribution in [3.63, 3.8) is 0 Å². The molecule has 7 heteroatoms. The summed E-state index contributed by atoms with van der Waals surface area (Å²) in [6, 6.07) is 19.9. The fourth-order valence-corrected chi connectivity index (χ4v) is 3.04. The first-order chi connectivity index (χ1) is 13.5. The summed E-state index contributed by atoms with van der Waals surface area (Å²) in [5.74, 6) is -1.91. The van der Waals surface area contributed by atoms with Crippen LogP contribution in [0, 0.1) is 5.92 Å². The maximum atomic E-state index is 12.6. The molecule has 0 aliphatic heterocycles. The number of rotatable bonds is 7. The van der Waals surface area contributed by atoms with Crippen molar-refractivity contribution in [2.24, 2.45) is 5.92 Å². The fourth-order valence-electron chi connectivity index (χ4n) is 2.81. The second-order valence-electron chi connectivity index (χ2n) is 6.26. The second-order valence-corrected chi connectivity index (χ2v) is 6.66. The van der Waals surface area contributed by atoms with Crippen LogP contribution >= 0.6 is 11.6 Å². The lowest BCUT2D eigenvalue weighted by atomic mass is 9.95. The van der Waals surface area contributed by atoms with E-state index in [0.717, 1.165) is 11.1 Å². The van der Waals surface area contributed by atoms with E-state index in [4.69, 9.17) is 16.7 Å². The zero-order chi connectivity index (χ0) is 19.9. The van der Waals surface area contributed by atoms with Crippen LogP contribution < -0.4 is 5.32 Å². The number of nitrogens with zero attached hydrogens (tertiary/aromatic N) is 2. The number of carboxylic acids is 1. The number of carboxylic acid groups (broad SMARTS) is 1. The summed E-state index contributed by atoms with van der Waals surface area (Å²) in [6.07, 6.45) is 0.0516. The molecule has 1 heterocycles. The van der Waals surface area contributed by atoms with Crippen molar-refractivity contribution in [3.8, 4) is 11.3 Å². The molecule has 0 spiro atoms. The number of amides is 1. The second kappa shape index (κ2) is 9.10. The quantitative estimate of drug-likeness (QED) is 0.629. The van der Waals surface area contributed by atoms with Crippen LogP contribution in [0.5, 0.6) is 0 Å². The lowest BCUT2D eigenvalue weighted by molar-refractivity contribution is -0.140. The van der Waals surface area contributed by atoms with E-state index in [9.17, 15) is 9.59 Å². The summed E-state index contributed by atoms with van der Waals surface area (Å²) < 4.78 is 0. The van der Waals surface area contributed by atoms with Crippen molar-refractivity contribution in [1.82, 2.24) is 10.2 Å². The lowest BCUT2D eigenvalue weighted by Crippen LogP contribution is -2.27. The number of anilines is 1. The molecule has 1 atom stereocenters. The molecule has 28 heavy (non-hydrogen) atoms. The van der Waals surface area contributed by atoms with Crippen molar-refractivity contribution >= 4 is 29.3 Å². The Morgan fingerprint density at radius 3 is 2.32 bits per heavy atom. The molecule has 2 aromatic carbocycles. The predicted octanol–water partition coefficient (Wildman–Crippen LogP) is 4.07. The van der Waals surface area contributed by atoms with Crippen LogP contribution in [-0.4, -0.2) is 27.2 Å². The third kappa shape index (κ3) is 5.14. The number of aliphatic carboxylic acids is 1. The van der Waals surface area contributed by atoms with Gasteiger partial charge in [-0.3, -0.25) is 9.59 Å². The lowest BCUT2D eigenvalue weighted by Gasteiger charge is -2.15. The molecule has 2 N–H and O–H groups in total. The van der Waals surface area contributed by atoms with Crippen LogP contribution in [0.4, 0.5) is 5.82 Å². The number of benzene rings is 2. The average Bonchev–Trinajstić information content (AvgIpc) is 2.69. The highest BCUT2D eigenvalue weighted by molar-refractivity contribution is 6.33. The molecule has 0 saturated carbocycles. The Labute approximate surface area is 167 Å². The van der Waals surface area contributed by atoms with Gasteiger partial charge in [0.05, 0.1) is 23.1 Å². The van der Waals surface area contributed by atoms with E-state index in [1.807, 2.05) is 48.5 Å². The van der Waals surface area contributed by atoms with Crippen LogP contribution in [-0.2, 0) is 16.0 Å². The number of nitrogens with one attached hydrogen (secondary N) is 1. The van der Waals surface area contributed by atoms with Gasteiger partial charge >= 0.3 is 5.97 Å². The molecule has 1 amide bonds. The topological polar surface area (TPSA) is 92.2 Å². The number of hydrogen-bond acceptors (Lipinski definition) is 4. The smallest absolute Gasteiger partial charge is 0.304 e. The van der Waals surface area contributed by atoms with Crippen LogP contribution in [0.25, 0.3) is 11.3 Å². The van der Waals surface area contributed by atoms with Gasteiger partial charge in [0, 0.05) is 5.56 Å². The first kappa shape index (κ1) is 19.5. The van der Waals surface area contributed by atoms with Gasteiger partial charge in [-0.15, -0.1) is 10.2 Å². The van der Waals surface area contributed by atoms with Gasteiger partial charge in [-0.1, -0.05) is 60.1 Å². The monoisotopic (exact) mass is 395 g/mol. The average molecular weight is 396 g/mol. The summed E-state index contributed by atoms with van der Waals surface area (Å²) in [7, 11) is 0. The van der Waals surface area contributed by atoms with E-state index < -0.39 is 17.8 Å². The zero-order valence-electron chi connectivity index (χ0n) is 14.9. The Morgan fingerprint density at radius 2 is 1.68 bits per heavy atom. The van der Waals surface area contributed by atoms with E-state index in [1.165, 1.54) is 0 Å². The Balaban J connectivity index is 1.72. The summed E-state index contributed by atoms with van der Waals surface area (Å²) in [5.41, 5.74) is 2.21. The maximum absolute atomic E-state index is 12.6. The first-order valence-electron chi connectivity index (χ1n) is 8.68. The number of halogens is 1. The molecule has 142 valence electrons. The van der Waals surface area contributed by atoms with E-state index in [0.29, 0.717) is 17.1 Å². The Kier molecular flexibility index (Phi) is 6.34. The molecule has 3 aromatic rings. The SMILES string of the molecule is O=C(O)CC(Cc1ccccc1)C(=O)Nc1ccc(-c2ccccc2Cl)nn1. The molecule has 6 nitrogen and oxygen atoms in total. The van der Waals surface area contributed by atoms with Crippen LogP contribution in [0.2, 0.25) is 5.02 Å². The van der Waals surface area contributed by atoms with Crippen LogP contribution in [0.15, 0.2) is 66.7 Å². The highest BCUT2D eigenvalue weighted by atomic mass is 35.5. The molecule has 0 bridgehead atoms. The third-order valence-corrected chi connectivity index (χ3v) is 4.51. The molecule has 0 aliphatic carbocycles. The van der Waals surface area contributed by atoms with Crippen molar-refractivity contribution in [1.29, 1.82) is 0 Å². The Morgan fingerprint density at radius 1 is 0.964 bits per heavy atom. The minimum Gasteiger partial charge on any atom is -0.481 e. The van der Waals surface area contributed by atoms with Gasteiger partial charge in [0.2, 0.25) is 5.91 Å². The van der Waals surface area contributed by atoms with Crippen molar-refractivity contribution in [2.75, 3.05) is 5.32 Å². The summed E-state index contributed by atoms with van der Waals surface area (Å²) in [4.78, 5) is 23.8. The fraction of sp³-hybridized carbons (Fsp3) is 0.143. The summed E-state index contributed by atoms with van der Waals surface area (Å²) in [5, 5.41) is 20.5. The maximum Gasteiger partial charge on any atom is 0.304 e. The van der Waals surface area contributed by atoms with Crippen molar-refractivity contribution < 1.29 is 14.7 Å². The van der Waals surface area contributed by atoms with Gasteiger partial charge < -0.3 is 10.4 Å². The molecule has 1 aromatic heterocycles. The highest BCUT2D eigenvalue weighted by Gasteiger charge is 2.23. The molecular weight excluding hydrogens is 378 g/mol. The molecule has 3 rings (SSSR count). The standard InChI is InChI=1S/C21H18ClN3O3/c22-17-9-5-4-8-16(17)18-10-11-19(25-24-18)23-21(28)15(13-20(26)27)12-14-6-2-1-3-7-14/h1-11,15H,12-13H2,(H,26,27)(H,23,25,28). The molecule has 0 fully saturated rings. The van der Waals surface area contributed by atoms with Gasteiger partial charge in [-0.2, -0.15) is 0 Å². The molecule has 0 saturated heterocycles. The van der Waals surface area contributed by atoms with E-state index >= 15 is 0 Å². The largest absolute Gasteiger partial charge is 0.481 e. The predicted molar refractivity (Wildman–Crippen MR) is 107 cm³/mol. The van der Waals surface area contributed by atoms with E-state index in [1.54, 1.807) is 18.2 Å².